The summed E-state index contributed by atoms with van der Waals surface area (Å²) in [5.74, 6) is 0.878. The standard InChI is InChI=1S/C26H30BrClN2O4/c27-23-5-2-1-4-20(23)16-24(31)30-11-3-10-26(18-30,17-25(32)29-12-14-33-15-13-29)19-34-22-8-6-21(28)7-9-22/h1-2,4-9H,3,10-19H2/t26-/m1/s1. The Balaban J connectivity index is 1.49. The van der Waals surface area contributed by atoms with E-state index in [1.807, 2.05) is 46.2 Å². The number of rotatable bonds is 7. The molecule has 1 atom stereocenters. The molecule has 0 spiro atoms. The number of hydrogen-bond donors (Lipinski definition) is 0. The van der Waals surface area contributed by atoms with Gasteiger partial charge in [0.05, 0.1) is 26.2 Å². The van der Waals surface area contributed by atoms with E-state index in [1.54, 1.807) is 12.1 Å². The Morgan fingerprint density at radius 1 is 1.00 bits per heavy atom. The van der Waals surface area contributed by atoms with Crippen molar-refractivity contribution in [1.82, 2.24) is 9.80 Å². The summed E-state index contributed by atoms with van der Waals surface area (Å²) in [5.41, 5.74) is 0.516. The molecule has 182 valence electrons. The number of amides is 2. The number of morpholine rings is 1. The molecule has 0 saturated carbocycles. The Bertz CT molecular complexity index is 997. The minimum atomic E-state index is -0.448. The third-order valence-corrected chi connectivity index (χ3v) is 7.59. The van der Waals surface area contributed by atoms with E-state index in [0.717, 1.165) is 22.9 Å². The van der Waals surface area contributed by atoms with Gasteiger partial charge in [-0.15, -0.1) is 0 Å². The number of piperidine rings is 1. The molecule has 6 nitrogen and oxygen atoms in total. The summed E-state index contributed by atoms with van der Waals surface area (Å²) in [7, 11) is 0. The summed E-state index contributed by atoms with van der Waals surface area (Å²) in [6.45, 7) is 3.91. The van der Waals surface area contributed by atoms with Gasteiger partial charge in [-0.05, 0) is 48.7 Å². The zero-order valence-corrected chi connectivity index (χ0v) is 21.5. The van der Waals surface area contributed by atoms with Crippen LogP contribution >= 0.6 is 27.5 Å². The Labute approximate surface area is 214 Å². The van der Waals surface area contributed by atoms with Gasteiger partial charge in [-0.1, -0.05) is 45.7 Å². The van der Waals surface area contributed by atoms with Gasteiger partial charge >= 0.3 is 0 Å². The van der Waals surface area contributed by atoms with Crippen LogP contribution < -0.4 is 4.74 Å². The first-order valence-corrected chi connectivity index (χ1v) is 12.9. The van der Waals surface area contributed by atoms with Crippen molar-refractivity contribution in [3.63, 3.8) is 0 Å². The zero-order chi connectivity index (χ0) is 24.0. The van der Waals surface area contributed by atoms with Crippen molar-refractivity contribution in [2.75, 3.05) is 46.0 Å². The highest BCUT2D eigenvalue weighted by Gasteiger charge is 2.41. The fraction of sp³-hybridized carbons (Fsp3) is 0.462. The molecule has 4 rings (SSSR count). The average Bonchev–Trinajstić information content (AvgIpc) is 2.86. The SMILES string of the molecule is O=C(C[C@]1(COc2ccc(Cl)cc2)CCCN(C(=O)Cc2ccccc2Br)C1)N1CCOCC1. The van der Waals surface area contributed by atoms with Gasteiger partial charge in [0.15, 0.2) is 0 Å². The van der Waals surface area contributed by atoms with Gasteiger partial charge in [-0.25, -0.2) is 0 Å². The topological polar surface area (TPSA) is 59.1 Å². The molecule has 2 heterocycles. The Hall–Kier alpha value is -2.09. The maximum absolute atomic E-state index is 13.2. The van der Waals surface area contributed by atoms with E-state index in [9.17, 15) is 9.59 Å². The maximum Gasteiger partial charge on any atom is 0.227 e. The molecule has 0 unspecified atom stereocenters. The van der Waals surface area contributed by atoms with Gasteiger partial charge < -0.3 is 19.3 Å². The fourth-order valence-corrected chi connectivity index (χ4v) is 5.21. The van der Waals surface area contributed by atoms with Crippen LogP contribution in [0.5, 0.6) is 5.75 Å². The molecule has 2 aromatic rings. The highest BCUT2D eigenvalue weighted by molar-refractivity contribution is 9.10. The van der Waals surface area contributed by atoms with Crippen molar-refractivity contribution >= 4 is 39.3 Å². The van der Waals surface area contributed by atoms with E-state index in [4.69, 9.17) is 21.1 Å². The Kier molecular flexibility index (Phi) is 8.51. The molecule has 8 heteroatoms. The van der Waals surface area contributed by atoms with Crippen LogP contribution in [0.4, 0.5) is 0 Å². The second kappa shape index (κ2) is 11.6. The normalized spacial score (nSPS) is 20.8. The molecule has 2 aliphatic rings. The smallest absolute Gasteiger partial charge is 0.227 e. The highest BCUT2D eigenvalue weighted by atomic mass is 79.9. The van der Waals surface area contributed by atoms with Gasteiger partial charge in [0, 0.05) is 47.5 Å². The fourth-order valence-electron chi connectivity index (χ4n) is 4.66. The molecule has 2 fully saturated rings. The van der Waals surface area contributed by atoms with Crippen molar-refractivity contribution in [3.05, 3.63) is 63.6 Å². The van der Waals surface area contributed by atoms with Gasteiger partial charge in [-0.3, -0.25) is 9.59 Å². The quantitative estimate of drug-likeness (QED) is 0.507. The minimum absolute atomic E-state index is 0.0706. The molecule has 2 amide bonds. The van der Waals surface area contributed by atoms with Crippen molar-refractivity contribution in [2.24, 2.45) is 5.41 Å². The molecule has 2 aromatic carbocycles. The first-order valence-electron chi connectivity index (χ1n) is 11.7. The molecule has 0 N–H and O–H groups in total. The van der Waals surface area contributed by atoms with E-state index >= 15 is 0 Å². The van der Waals surface area contributed by atoms with Crippen molar-refractivity contribution in [3.8, 4) is 5.75 Å². The molecular weight excluding hydrogens is 520 g/mol. The summed E-state index contributed by atoms with van der Waals surface area (Å²) in [6, 6.07) is 15.0. The van der Waals surface area contributed by atoms with Gasteiger partial charge in [0.1, 0.15) is 5.75 Å². The maximum atomic E-state index is 13.2. The monoisotopic (exact) mass is 548 g/mol. The number of halogens is 2. The van der Waals surface area contributed by atoms with Crippen molar-refractivity contribution in [2.45, 2.75) is 25.7 Å². The molecule has 2 saturated heterocycles. The van der Waals surface area contributed by atoms with Crippen LogP contribution in [0.3, 0.4) is 0 Å². The molecule has 0 radical (unpaired) electrons. The third kappa shape index (κ3) is 6.52. The number of hydrogen-bond acceptors (Lipinski definition) is 4. The highest BCUT2D eigenvalue weighted by Crippen LogP contribution is 2.36. The third-order valence-electron chi connectivity index (χ3n) is 6.56. The van der Waals surface area contributed by atoms with Gasteiger partial charge in [0.25, 0.3) is 0 Å². The molecular formula is C26H30BrClN2O4. The van der Waals surface area contributed by atoms with Gasteiger partial charge in [-0.2, -0.15) is 0 Å². The van der Waals surface area contributed by atoms with Crippen LogP contribution in [-0.2, 0) is 20.7 Å². The minimum Gasteiger partial charge on any atom is -0.493 e. The van der Waals surface area contributed by atoms with Crippen LogP contribution in [0.15, 0.2) is 53.0 Å². The number of nitrogens with zero attached hydrogens (tertiary/aromatic N) is 2. The lowest BCUT2D eigenvalue weighted by atomic mass is 9.77. The lowest BCUT2D eigenvalue weighted by Gasteiger charge is -2.43. The van der Waals surface area contributed by atoms with Gasteiger partial charge in [0.2, 0.25) is 11.8 Å². The van der Waals surface area contributed by atoms with Crippen LogP contribution in [0.2, 0.25) is 5.02 Å². The lowest BCUT2D eigenvalue weighted by Crippen LogP contribution is -2.52. The van der Waals surface area contributed by atoms with Crippen LogP contribution in [0.1, 0.15) is 24.8 Å². The van der Waals surface area contributed by atoms with E-state index in [-0.39, 0.29) is 11.8 Å². The van der Waals surface area contributed by atoms with E-state index in [0.29, 0.717) is 69.6 Å². The largest absolute Gasteiger partial charge is 0.493 e. The lowest BCUT2D eigenvalue weighted by molar-refractivity contribution is -0.143. The Morgan fingerprint density at radius 2 is 1.74 bits per heavy atom. The summed E-state index contributed by atoms with van der Waals surface area (Å²) >= 11 is 9.55. The number of ether oxygens (including phenoxy) is 2. The van der Waals surface area contributed by atoms with Crippen LogP contribution in [0.25, 0.3) is 0 Å². The predicted molar refractivity (Wildman–Crippen MR) is 135 cm³/mol. The Morgan fingerprint density at radius 3 is 2.47 bits per heavy atom. The zero-order valence-electron chi connectivity index (χ0n) is 19.2. The average molecular weight is 550 g/mol. The second-order valence-corrected chi connectivity index (χ2v) is 10.4. The first-order chi connectivity index (χ1) is 16.4. The van der Waals surface area contributed by atoms with E-state index < -0.39 is 5.41 Å². The van der Waals surface area contributed by atoms with E-state index in [1.165, 1.54) is 0 Å². The molecule has 0 bridgehead atoms. The van der Waals surface area contributed by atoms with Crippen molar-refractivity contribution < 1.29 is 19.1 Å². The summed E-state index contributed by atoms with van der Waals surface area (Å²) < 4.78 is 12.5. The first kappa shape index (κ1) is 25.0. The summed E-state index contributed by atoms with van der Waals surface area (Å²) in [5, 5.41) is 0.645. The molecule has 0 aliphatic carbocycles. The molecule has 2 aliphatic heterocycles. The number of likely N-dealkylation sites (tertiary alicyclic amines) is 1. The van der Waals surface area contributed by atoms with E-state index in [2.05, 4.69) is 15.9 Å². The number of carbonyl (C=O) groups excluding carboxylic acids is 2. The number of benzene rings is 2. The predicted octanol–water partition coefficient (Wildman–Crippen LogP) is 4.58. The molecule has 0 aromatic heterocycles. The van der Waals surface area contributed by atoms with Crippen LogP contribution in [-0.4, -0.2) is 67.6 Å². The number of carbonyl (C=O) groups is 2. The van der Waals surface area contributed by atoms with Crippen LogP contribution in [0, 0.1) is 5.41 Å². The summed E-state index contributed by atoms with van der Waals surface area (Å²) in [6.07, 6.45) is 2.34. The van der Waals surface area contributed by atoms with Crippen molar-refractivity contribution in [1.29, 1.82) is 0 Å². The molecule has 34 heavy (non-hydrogen) atoms. The second-order valence-electron chi connectivity index (χ2n) is 9.10. The summed E-state index contributed by atoms with van der Waals surface area (Å²) in [4.78, 5) is 30.2.